The van der Waals surface area contributed by atoms with Crippen molar-refractivity contribution in [3.63, 3.8) is 0 Å². The van der Waals surface area contributed by atoms with Crippen LogP contribution >= 0.6 is 0 Å². The van der Waals surface area contributed by atoms with Crippen molar-refractivity contribution in [2.75, 3.05) is 27.4 Å². The van der Waals surface area contributed by atoms with E-state index >= 15 is 0 Å². The summed E-state index contributed by atoms with van der Waals surface area (Å²) in [7, 11) is 3.11. The molecule has 1 saturated heterocycles. The molecule has 1 aliphatic heterocycles. The van der Waals surface area contributed by atoms with E-state index in [0.717, 1.165) is 5.56 Å². The van der Waals surface area contributed by atoms with E-state index < -0.39 is 17.7 Å². The molecule has 0 radical (unpaired) electrons. The lowest BCUT2D eigenvalue weighted by Crippen LogP contribution is -2.31. The monoisotopic (exact) mass is 487 g/mol. The van der Waals surface area contributed by atoms with Gasteiger partial charge in [-0.3, -0.25) is 9.59 Å². The third kappa shape index (κ3) is 5.42. The van der Waals surface area contributed by atoms with Gasteiger partial charge in [0.05, 0.1) is 18.7 Å². The molecule has 4 rings (SSSR count). The molecular weight excluding hydrogens is 458 g/mol. The molecule has 0 aromatic heterocycles. The average molecular weight is 488 g/mol. The molecule has 36 heavy (non-hydrogen) atoms. The predicted octanol–water partition coefficient (Wildman–Crippen LogP) is 4.73. The quantitative estimate of drug-likeness (QED) is 0.193. The number of aliphatic hydroxyl groups excluding tert-OH is 1. The lowest BCUT2D eigenvalue weighted by Gasteiger charge is -2.25. The molecule has 0 aliphatic carbocycles. The van der Waals surface area contributed by atoms with Crippen LogP contribution in [0.2, 0.25) is 0 Å². The van der Waals surface area contributed by atoms with Gasteiger partial charge in [0.15, 0.2) is 0 Å². The molecule has 1 aliphatic rings. The van der Waals surface area contributed by atoms with Gasteiger partial charge in [0.25, 0.3) is 11.7 Å². The summed E-state index contributed by atoms with van der Waals surface area (Å²) in [5.41, 5.74) is 2.19. The largest absolute Gasteiger partial charge is 0.507 e. The number of hydrogen-bond donors (Lipinski definition) is 1. The van der Waals surface area contributed by atoms with Gasteiger partial charge in [-0.2, -0.15) is 0 Å². The number of aliphatic hydroxyl groups is 1. The van der Waals surface area contributed by atoms with Crippen LogP contribution in [0.25, 0.3) is 5.76 Å². The maximum absolute atomic E-state index is 13.1. The Labute approximate surface area is 210 Å². The number of ketones is 1. The standard InChI is InChI=1S/C29H29NO6/c1-34-17-7-16-30-26(21-12-14-23(15-13-21)36-19-20-8-4-3-5-9-20)25(28(32)29(30)33)27(31)22-10-6-11-24(18-22)35-2/h3-6,8-15,18,26,31H,7,16-17,19H2,1-2H3. The zero-order chi connectivity index (χ0) is 25.5. The van der Waals surface area contributed by atoms with Gasteiger partial charge in [-0.05, 0) is 41.8 Å². The number of ether oxygens (including phenoxy) is 3. The Balaban J connectivity index is 1.68. The van der Waals surface area contributed by atoms with E-state index in [0.29, 0.717) is 48.8 Å². The second-order valence-corrected chi connectivity index (χ2v) is 8.41. The van der Waals surface area contributed by atoms with Crippen LogP contribution in [0.1, 0.15) is 29.2 Å². The van der Waals surface area contributed by atoms with Crippen LogP contribution in [0.4, 0.5) is 0 Å². The van der Waals surface area contributed by atoms with Gasteiger partial charge in [-0.1, -0.05) is 54.6 Å². The molecule has 7 nitrogen and oxygen atoms in total. The highest BCUT2D eigenvalue weighted by atomic mass is 16.5. The molecule has 0 spiro atoms. The minimum atomic E-state index is -0.740. The lowest BCUT2D eigenvalue weighted by molar-refractivity contribution is -0.140. The summed E-state index contributed by atoms with van der Waals surface area (Å²) in [5, 5.41) is 11.2. The number of amides is 1. The first-order valence-electron chi connectivity index (χ1n) is 11.7. The van der Waals surface area contributed by atoms with E-state index in [1.165, 1.54) is 12.0 Å². The number of carbonyl (C=O) groups excluding carboxylic acids is 2. The van der Waals surface area contributed by atoms with Crippen molar-refractivity contribution in [3.8, 4) is 11.5 Å². The summed E-state index contributed by atoms with van der Waals surface area (Å²) >= 11 is 0. The molecule has 3 aromatic rings. The SMILES string of the molecule is COCCCN1C(=O)C(=O)C(=C(O)c2cccc(OC)c2)C1c1ccc(OCc2ccccc2)cc1. The molecule has 1 unspecified atom stereocenters. The molecule has 0 saturated carbocycles. The first-order chi connectivity index (χ1) is 17.5. The number of likely N-dealkylation sites (tertiary alicyclic amines) is 1. The Kier molecular flexibility index (Phi) is 8.02. The van der Waals surface area contributed by atoms with Crippen molar-refractivity contribution >= 4 is 17.4 Å². The van der Waals surface area contributed by atoms with Crippen LogP contribution in [-0.2, 0) is 20.9 Å². The minimum absolute atomic E-state index is 0.0450. The summed E-state index contributed by atoms with van der Waals surface area (Å²) in [5.74, 6) is -0.417. The highest BCUT2D eigenvalue weighted by molar-refractivity contribution is 6.46. The van der Waals surface area contributed by atoms with E-state index in [1.54, 1.807) is 43.5 Å². The Hall–Kier alpha value is -4.10. The van der Waals surface area contributed by atoms with Crippen molar-refractivity contribution in [1.82, 2.24) is 4.90 Å². The van der Waals surface area contributed by atoms with E-state index in [9.17, 15) is 14.7 Å². The Bertz CT molecular complexity index is 1240. The highest BCUT2D eigenvalue weighted by Crippen LogP contribution is 2.40. The Morgan fingerprint density at radius 1 is 0.917 bits per heavy atom. The van der Waals surface area contributed by atoms with Crippen LogP contribution in [-0.4, -0.2) is 49.1 Å². The number of benzene rings is 3. The van der Waals surface area contributed by atoms with Gasteiger partial charge in [0.1, 0.15) is 23.9 Å². The lowest BCUT2D eigenvalue weighted by atomic mass is 9.95. The van der Waals surface area contributed by atoms with Gasteiger partial charge >= 0.3 is 0 Å². The second kappa shape index (κ2) is 11.6. The first-order valence-corrected chi connectivity index (χ1v) is 11.7. The highest BCUT2D eigenvalue weighted by Gasteiger charge is 2.45. The molecule has 1 atom stereocenters. The van der Waals surface area contributed by atoms with Crippen LogP contribution in [0.3, 0.4) is 0 Å². The van der Waals surface area contributed by atoms with E-state index in [2.05, 4.69) is 0 Å². The van der Waals surface area contributed by atoms with Gasteiger partial charge in [-0.15, -0.1) is 0 Å². The maximum Gasteiger partial charge on any atom is 0.295 e. The number of methoxy groups -OCH3 is 2. The van der Waals surface area contributed by atoms with Gasteiger partial charge < -0.3 is 24.2 Å². The molecular formula is C29H29NO6. The summed E-state index contributed by atoms with van der Waals surface area (Å²) < 4.78 is 16.3. The molecule has 7 heteroatoms. The maximum atomic E-state index is 13.1. The number of Topliss-reactive ketones (excluding diaryl/α,β-unsaturated/α-hetero) is 1. The van der Waals surface area contributed by atoms with E-state index in [1.807, 2.05) is 42.5 Å². The van der Waals surface area contributed by atoms with Crippen LogP contribution in [0, 0.1) is 0 Å². The van der Waals surface area contributed by atoms with Crippen LogP contribution < -0.4 is 9.47 Å². The van der Waals surface area contributed by atoms with Crippen molar-refractivity contribution in [1.29, 1.82) is 0 Å². The molecule has 0 bridgehead atoms. The number of rotatable bonds is 10. The second-order valence-electron chi connectivity index (χ2n) is 8.41. The summed E-state index contributed by atoms with van der Waals surface area (Å²) in [6.45, 7) is 1.17. The summed E-state index contributed by atoms with van der Waals surface area (Å²) in [6.07, 6.45) is 0.553. The Morgan fingerprint density at radius 2 is 1.67 bits per heavy atom. The van der Waals surface area contributed by atoms with Crippen molar-refractivity contribution < 1.29 is 28.9 Å². The van der Waals surface area contributed by atoms with Gasteiger partial charge in [0, 0.05) is 25.8 Å². The average Bonchev–Trinajstić information content (AvgIpc) is 3.17. The normalized spacial score (nSPS) is 16.8. The molecule has 1 N–H and O–H groups in total. The third-order valence-corrected chi connectivity index (χ3v) is 6.07. The fourth-order valence-corrected chi connectivity index (χ4v) is 4.25. The van der Waals surface area contributed by atoms with Crippen LogP contribution in [0.15, 0.2) is 84.4 Å². The topological polar surface area (TPSA) is 85.3 Å². The summed E-state index contributed by atoms with van der Waals surface area (Å²) in [4.78, 5) is 27.6. The molecule has 1 heterocycles. The van der Waals surface area contributed by atoms with Crippen LogP contribution in [0.5, 0.6) is 11.5 Å². The van der Waals surface area contributed by atoms with Crippen molar-refractivity contribution in [3.05, 3.63) is 101 Å². The predicted molar refractivity (Wildman–Crippen MR) is 136 cm³/mol. The van der Waals surface area contributed by atoms with Gasteiger partial charge in [0.2, 0.25) is 0 Å². The van der Waals surface area contributed by atoms with E-state index in [-0.39, 0.29) is 11.3 Å². The first kappa shape index (κ1) is 25.0. The Morgan fingerprint density at radius 3 is 2.36 bits per heavy atom. The van der Waals surface area contributed by atoms with Crippen molar-refractivity contribution in [2.24, 2.45) is 0 Å². The molecule has 186 valence electrons. The van der Waals surface area contributed by atoms with E-state index in [4.69, 9.17) is 14.2 Å². The smallest absolute Gasteiger partial charge is 0.295 e. The fraction of sp³-hybridized carbons (Fsp3) is 0.241. The number of carbonyl (C=O) groups is 2. The van der Waals surface area contributed by atoms with Gasteiger partial charge in [-0.25, -0.2) is 0 Å². The third-order valence-electron chi connectivity index (χ3n) is 6.07. The minimum Gasteiger partial charge on any atom is -0.507 e. The zero-order valence-corrected chi connectivity index (χ0v) is 20.3. The molecule has 1 fully saturated rings. The number of hydrogen-bond acceptors (Lipinski definition) is 6. The fourth-order valence-electron chi connectivity index (χ4n) is 4.25. The number of nitrogens with zero attached hydrogens (tertiary/aromatic N) is 1. The summed E-state index contributed by atoms with van der Waals surface area (Å²) in [6, 6.07) is 23.1. The zero-order valence-electron chi connectivity index (χ0n) is 20.3. The molecule has 1 amide bonds. The molecule has 3 aromatic carbocycles. The van der Waals surface area contributed by atoms with Crippen molar-refractivity contribution in [2.45, 2.75) is 19.1 Å².